The second-order valence-electron chi connectivity index (χ2n) is 5.35. The van der Waals surface area contributed by atoms with E-state index in [0.29, 0.717) is 27.1 Å². The number of amidine groups is 1. The van der Waals surface area contributed by atoms with Crippen LogP contribution in [0.15, 0.2) is 57.6 Å². The molecular weight excluding hydrogens is 369 g/mol. The standard InChI is InChI=1S/C19H16FN3O3S/c1-25-15-8-7-12(9-16(15)26-2)11-21-23-19-22-18(24)17(27-19)10-13-5-3-4-6-14(13)20/h3-11H,1-2H3,(H,22,23,24)/b17-10-,21-11?. The zero-order valence-corrected chi connectivity index (χ0v) is 15.4. The molecule has 1 heterocycles. The van der Waals surface area contributed by atoms with Gasteiger partial charge in [0.15, 0.2) is 16.7 Å². The monoisotopic (exact) mass is 385 g/mol. The van der Waals surface area contributed by atoms with Crippen LogP contribution in [0.3, 0.4) is 0 Å². The summed E-state index contributed by atoms with van der Waals surface area (Å²) in [6.45, 7) is 0. The van der Waals surface area contributed by atoms with E-state index in [0.717, 1.165) is 17.3 Å². The van der Waals surface area contributed by atoms with Crippen molar-refractivity contribution in [3.8, 4) is 11.5 Å². The molecule has 0 radical (unpaired) electrons. The van der Waals surface area contributed by atoms with Crippen LogP contribution >= 0.6 is 11.8 Å². The highest BCUT2D eigenvalue weighted by molar-refractivity contribution is 8.18. The van der Waals surface area contributed by atoms with Gasteiger partial charge in [0, 0.05) is 5.56 Å². The first-order valence-corrected chi connectivity index (χ1v) is 8.71. The number of hydrogen-bond acceptors (Lipinski definition) is 6. The molecule has 0 spiro atoms. The van der Waals surface area contributed by atoms with E-state index in [1.54, 1.807) is 50.6 Å². The smallest absolute Gasteiger partial charge is 0.264 e. The molecule has 27 heavy (non-hydrogen) atoms. The minimum Gasteiger partial charge on any atom is -0.493 e. The number of methoxy groups -OCH3 is 2. The summed E-state index contributed by atoms with van der Waals surface area (Å²) < 4.78 is 24.1. The number of hydrogen-bond donors (Lipinski definition) is 1. The Morgan fingerprint density at radius 1 is 1.11 bits per heavy atom. The van der Waals surface area contributed by atoms with E-state index >= 15 is 0 Å². The first-order chi connectivity index (χ1) is 13.1. The number of amides is 1. The van der Waals surface area contributed by atoms with Crippen LogP contribution in [0.4, 0.5) is 4.39 Å². The van der Waals surface area contributed by atoms with Crippen LogP contribution in [0.1, 0.15) is 11.1 Å². The number of nitrogens with one attached hydrogen (secondary N) is 1. The summed E-state index contributed by atoms with van der Waals surface area (Å²) in [5.41, 5.74) is 1.10. The molecule has 0 atom stereocenters. The molecule has 0 unspecified atom stereocenters. The number of benzene rings is 2. The number of carbonyl (C=O) groups excluding carboxylic acids is 1. The van der Waals surface area contributed by atoms with Crippen molar-refractivity contribution in [3.05, 3.63) is 64.3 Å². The van der Waals surface area contributed by atoms with Gasteiger partial charge in [0.1, 0.15) is 5.82 Å². The first-order valence-electron chi connectivity index (χ1n) is 7.89. The fraction of sp³-hybridized carbons (Fsp3) is 0.105. The minimum atomic E-state index is -0.393. The SMILES string of the molecule is COc1ccc(C=NN=C2NC(=O)/C(=C/c3ccccc3F)S2)cc1OC. The highest BCUT2D eigenvalue weighted by atomic mass is 32.2. The predicted octanol–water partition coefficient (Wildman–Crippen LogP) is 3.44. The van der Waals surface area contributed by atoms with Gasteiger partial charge in [-0.15, -0.1) is 5.10 Å². The first kappa shape index (κ1) is 18.7. The normalized spacial score (nSPS) is 16.9. The lowest BCUT2D eigenvalue weighted by molar-refractivity contribution is -0.115. The Labute approximate surface area is 159 Å². The van der Waals surface area contributed by atoms with E-state index in [1.165, 1.54) is 18.4 Å². The van der Waals surface area contributed by atoms with Gasteiger partial charge >= 0.3 is 0 Å². The second-order valence-corrected chi connectivity index (χ2v) is 6.38. The molecule has 0 aliphatic carbocycles. The Morgan fingerprint density at radius 3 is 2.63 bits per heavy atom. The van der Waals surface area contributed by atoms with Gasteiger partial charge < -0.3 is 9.47 Å². The van der Waals surface area contributed by atoms with Gasteiger partial charge in [0.25, 0.3) is 5.91 Å². The number of rotatable bonds is 5. The van der Waals surface area contributed by atoms with Crippen LogP contribution in [0.2, 0.25) is 0 Å². The average molecular weight is 385 g/mol. The zero-order chi connectivity index (χ0) is 19.2. The van der Waals surface area contributed by atoms with E-state index < -0.39 is 5.82 Å². The van der Waals surface area contributed by atoms with Crippen molar-refractivity contribution in [3.63, 3.8) is 0 Å². The maximum absolute atomic E-state index is 13.7. The quantitative estimate of drug-likeness (QED) is 0.486. The molecule has 1 aliphatic heterocycles. The molecule has 6 nitrogen and oxygen atoms in total. The molecule has 3 rings (SSSR count). The Hall–Kier alpha value is -3.13. The van der Waals surface area contributed by atoms with Crippen LogP contribution in [-0.4, -0.2) is 31.5 Å². The van der Waals surface area contributed by atoms with Crippen molar-refractivity contribution in [2.24, 2.45) is 10.2 Å². The van der Waals surface area contributed by atoms with Gasteiger partial charge in [0.05, 0.1) is 25.3 Å². The molecule has 1 aliphatic rings. The Bertz CT molecular complexity index is 957. The Morgan fingerprint density at radius 2 is 1.89 bits per heavy atom. The summed E-state index contributed by atoms with van der Waals surface area (Å²) in [6, 6.07) is 11.5. The number of thioether (sulfide) groups is 1. The number of ether oxygens (including phenoxy) is 2. The molecule has 0 bridgehead atoms. The van der Waals surface area contributed by atoms with E-state index in [4.69, 9.17) is 9.47 Å². The van der Waals surface area contributed by atoms with Gasteiger partial charge in [-0.05, 0) is 47.7 Å². The van der Waals surface area contributed by atoms with Gasteiger partial charge in [-0.2, -0.15) is 5.10 Å². The highest BCUT2D eigenvalue weighted by Gasteiger charge is 2.24. The van der Waals surface area contributed by atoms with Crippen LogP contribution in [0, 0.1) is 5.82 Å². The van der Waals surface area contributed by atoms with Crippen molar-refractivity contribution in [2.45, 2.75) is 0 Å². The van der Waals surface area contributed by atoms with Crippen molar-refractivity contribution in [2.75, 3.05) is 14.2 Å². The third-order valence-electron chi connectivity index (χ3n) is 3.61. The Kier molecular flexibility index (Phi) is 5.87. The number of nitrogens with zero attached hydrogens (tertiary/aromatic N) is 2. The molecule has 2 aromatic rings. The molecule has 0 saturated carbocycles. The molecule has 1 N–H and O–H groups in total. The molecule has 8 heteroatoms. The summed E-state index contributed by atoms with van der Waals surface area (Å²) in [7, 11) is 3.11. The third kappa shape index (κ3) is 4.53. The molecule has 1 saturated heterocycles. The summed E-state index contributed by atoms with van der Waals surface area (Å²) in [5.74, 6) is 0.453. The fourth-order valence-corrected chi connectivity index (χ4v) is 3.06. The molecule has 1 amide bonds. The maximum Gasteiger partial charge on any atom is 0.264 e. The predicted molar refractivity (Wildman–Crippen MR) is 105 cm³/mol. The molecule has 0 aromatic heterocycles. The van der Waals surface area contributed by atoms with Gasteiger partial charge in [-0.1, -0.05) is 18.2 Å². The van der Waals surface area contributed by atoms with Crippen molar-refractivity contribution in [1.29, 1.82) is 0 Å². The zero-order valence-electron chi connectivity index (χ0n) is 14.6. The van der Waals surface area contributed by atoms with Gasteiger partial charge in [0.2, 0.25) is 0 Å². The van der Waals surface area contributed by atoms with E-state index in [2.05, 4.69) is 15.5 Å². The van der Waals surface area contributed by atoms with Crippen LogP contribution < -0.4 is 14.8 Å². The van der Waals surface area contributed by atoms with Gasteiger partial charge in [-0.25, -0.2) is 4.39 Å². The van der Waals surface area contributed by atoms with E-state index in [9.17, 15) is 9.18 Å². The summed E-state index contributed by atoms with van der Waals surface area (Å²) in [5, 5.41) is 10.9. The molecule has 1 fully saturated rings. The number of carbonyl (C=O) groups is 1. The van der Waals surface area contributed by atoms with Gasteiger partial charge in [-0.3, -0.25) is 10.1 Å². The lowest BCUT2D eigenvalue weighted by atomic mass is 10.2. The fourth-order valence-electron chi connectivity index (χ4n) is 2.29. The van der Waals surface area contributed by atoms with Crippen molar-refractivity contribution < 1.29 is 18.7 Å². The highest BCUT2D eigenvalue weighted by Crippen LogP contribution is 2.28. The summed E-state index contributed by atoms with van der Waals surface area (Å²) in [6.07, 6.45) is 3.01. The molecule has 2 aromatic carbocycles. The average Bonchev–Trinajstić information content (AvgIpc) is 3.02. The summed E-state index contributed by atoms with van der Waals surface area (Å²) in [4.78, 5) is 12.3. The molecular formula is C19H16FN3O3S. The van der Waals surface area contributed by atoms with Crippen LogP contribution in [-0.2, 0) is 4.79 Å². The van der Waals surface area contributed by atoms with Crippen molar-refractivity contribution >= 4 is 35.1 Å². The maximum atomic E-state index is 13.7. The summed E-state index contributed by atoms with van der Waals surface area (Å²) >= 11 is 1.10. The lowest BCUT2D eigenvalue weighted by Gasteiger charge is -2.07. The van der Waals surface area contributed by atoms with E-state index in [-0.39, 0.29) is 5.91 Å². The van der Waals surface area contributed by atoms with Crippen LogP contribution in [0.5, 0.6) is 11.5 Å². The largest absolute Gasteiger partial charge is 0.493 e. The van der Waals surface area contributed by atoms with Crippen LogP contribution in [0.25, 0.3) is 6.08 Å². The number of halogens is 1. The minimum absolute atomic E-state index is 0.319. The lowest BCUT2D eigenvalue weighted by Crippen LogP contribution is -2.19. The third-order valence-corrected chi connectivity index (χ3v) is 4.51. The second kappa shape index (κ2) is 8.50. The topological polar surface area (TPSA) is 72.3 Å². The molecule has 138 valence electrons. The Balaban J connectivity index is 1.73. The van der Waals surface area contributed by atoms with Crippen molar-refractivity contribution in [1.82, 2.24) is 5.32 Å². The van der Waals surface area contributed by atoms with E-state index in [1.807, 2.05) is 0 Å².